The van der Waals surface area contributed by atoms with Crippen molar-refractivity contribution in [2.75, 3.05) is 18.5 Å². The lowest BCUT2D eigenvalue weighted by Gasteiger charge is -2.37. The van der Waals surface area contributed by atoms with Gasteiger partial charge in [0.1, 0.15) is 0 Å². The molecule has 2 heterocycles. The SMILES string of the molecule is CN1CC2(C)c3ccccc3N(Cc3ccccc3)C2(O)C1=O. The zero-order valence-electron chi connectivity index (χ0n) is 13.4. The first kappa shape index (κ1) is 14.3. The highest BCUT2D eigenvalue weighted by atomic mass is 16.3. The number of hydrogen-bond donors (Lipinski definition) is 1. The van der Waals surface area contributed by atoms with Crippen LogP contribution in [0.2, 0.25) is 0 Å². The number of carbonyl (C=O) groups is 1. The zero-order valence-corrected chi connectivity index (χ0v) is 13.4. The van der Waals surface area contributed by atoms with Gasteiger partial charge in [-0.1, -0.05) is 48.5 Å². The van der Waals surface area contributed by atoms with E-state index in [9.17, 15) is 9.90 Å². The maximum Gasteiger partial charge on any atom is 0.276 e. The van der Waals surface area contributed by atoms with Crippen LogP contribution in [0.5, 0.6) is 0 Å². The maximum atomic E-state index is 12.8. The summed E-state index contributed by atoms with van der Waals surface area (Å²) in [6.07, 6.45) is 0. The number of likely N-dealkylation sites (N-methyl/N-ethyl adjacent to an activating group) is 1. The van der Waals surface area contributed by atoms with Crippen molar-refractivity contribution in [2.24, 2.45) is 0 Å². The number of rotatable bonds is 2. The van der Waals surface area contributed by atoms with E-state index in [1.807, 2.05) is 66.4 Å². The second kappa shape index (κ2) is 4.59. The number of benzene rings is 2. The Hall–Kier alpha value is -2.33. The standard InChI is InChI=1S/C19H20N2O2/c1-18-13-20(2)17(22)19(18,23)21(12-14-8-4-3-5-9-14)16-11-7-6-10-15(16)18/h3-11,23H,12-13H2,1-2H3. The first-order valence-electron chi connectivity index (χ1n) is 7.87. The van der Waals surface area contributed by atoms with Crippen LogP contribution in [-0.4, -0.2) is 35.2 Å². The lowest BCUT2D eigenvalue weighted by molar-refractivity contribution is -0.144. The molecule has 1 amide bonds. The van der Waals surface area contributed by atoms with Crippen molar-refractivity contribution in [3.8, 4) is 0 Å². The summed E-state index contributed by atoms with van der Waals surface area (Å²) in [6, 6.07) is 17.9. The number of nitrogens with zero attached hydrogens (tertiary/aromatic N) is 2. The van der Waals surface area contributed by atoms with E-state index in [0.717, 1.165) is 16.8 Å². The van der Waals surface area contributed by atoms with Gasteiger partial charge in [0.15, 0.2) is 0 Å². The van der Waals surface area contributed by atoms with Gasteiger partial charge in [-0.25, -0.2) is 0 Å². The van der Waals surface area contributed by atoms with Crippen LogP contribution < -0.4 is 4.90 Å². The number of likely N-dealkylation sites (tertiary alicyclic amines) is 1. The van der Waals surface area contributed by atoms with Crippen molar-refractivity contribution >= 4 is 11.6 Å². The van der Waals surface area contributed by atoms with E-state index >= 15 is 0 Å². The number of fused-ring (bicyclic) bond motifs is 3. The summed E-state index contributed by atoms with van der Waals surface area (Å²) >= 11 is 0. The van der Waals surface area contributed by atoms with Gasteiger partial charge in [0, 0.05) is 25.8 Å². The summed E-state index contributed by atoms with van der Waals surface area (Å²) in [7, 11) is 1.76. The zero-order chi connectivity index (χ0) is 16.2. The van der Waals surface area contributed by atoms with Crippen molar-refractivity contribution < 1.29 is 9.90 Å². The minimum atomic E-state index is -1.53. The van der Waals surface area contributed by atoms with Crippen LogP contribution >= 0.6 is 0 Å². The molecule has 2 aromatic carbocycles. The summed E-state index contributed by atoms with van der Waals surface area (Å²) in [6.45, 7) is 3.01. The van der Waals surface area contributed by atoms with Gasteiger partial charge in [0.05, 0.1) is 5.41 Å². The molecule has 2 aliphatic heterocycles. The summed E-state index contributed by atoms with van der Waals surface area (Å²) in [5.74, 6) is -0.230. The highest BCUT2D eigenvalue weighted by molar-refractivity contribution is 5.96. The molecule has 4 heteroatoms. The van der Waals surface area contributed by atoms with Crippen LogP contribution in [-0.2, 0) is 16.8 Å². The van der Waals surface area contributed by atoms with Gasteiger partial charge in [0.25, 0.3) is 5.91 Å². The molecule has 1 N–H and O–H groups in total. The second-order valence-electron chi connectivity index (χ2n) is 6.75. The number of para-hydroxylation sites is 1. The van der Waals surface area contributed by atoms with Crippen LogP contribution in [0.15, 0.2) is 54.6 Å². The molecule has 0 saturated carbocycles. The van der Waals surface area contributed by atoms with E-state index in [0.29, 0.717) is 13.1 Å². The normalized spacial score (nSPS) is 28.9. The van der Waals surface area contributed by atoms with Crippen LogP contribution in [0, 0.1) is 0 Å². The van der Waals surface area contributed by atoms with E-state index in [2.05, 4.69) is 0 Å². The highest BCUT2D eigenvalue weighted by Gasteiger charge is 2.68. The molecule has 0 spiro atoms. The third-order valence-corrected chi connectivity index (χ3v) is 5.33. The van der Waals surface area contributed by atoms with E-state index < -0.39 is 11.1 Å². The summed E-state index contributed by atoms with van der Waals surface area (Å²) in [5.41, 5.74) is 0.909. The molecule has 2 unspecified atom stereocenters. The lowest BCUT2D eigenvalue weighted by Crippen LogP contribution is -2.59. The molecule has 23 heavy (non-hydrogen) atoms. The average Bonchev–Trinajstić information content (AvgIpc) is 2.86. The number of hydrogen-bond acceptors (Lipinski definition) is 3. The van der Waals surface area contributed by atoms with Crippen molar-refractivity contribution in [2.45, 2.75) is 24.6 Å². The number of anilines is 1. The van der Waals surface area contributed by atoms with E-state index in [4.69, 9.17) is 0 Å². The monoisotopic (exact) mass is 308 g/mol. The molecule has 118 valence electrons. The first-order chi connectivity index (χ1) is 11.0. The van der Waals surface area contributed by atoms with Gasteiger partial charge in [0.2, 0.25) is 5.72 Å². The molecular formula is C19H20N2O2. The predicted octanol–water partition coefficient (Wildman–Crippen LogP) is 2.13. The Morgan fingerprint density at radius 3 is 2.48 bits per heavy atom. The molecule has 2 aliphatic rings. The van der Waals surface area contributed by atoms with E-state index in [-0.39, 0.29) is 5.91 Å². The molecule has 0 aromatic heterocycles. The topological polar surface area (TPSA) is 43.8 Å². The minimum Gasteiger partial charge on any atom is -0.362 e. The third-order valence-electron chi connectivity index (χ3n) is 5.33. The molecule has 1 fully saturated rings. The van der Waals surface area contributed by atoms with E-state index in [1.165, 1.54) is 0 Å². The largest absolute Gasteiger partial charge is 0.362 e. The smallest absolute Gasteiger partial charge is 0.276 e. The number of amides is 1. The predicted molar refractivity (Wildman–Crippen MR) is 89.0 cm³/mol. The van der Waals surface area contributed by atoms with Gasteiger partial charge in [-0.2, -0.15) is 0 Å². The quantitative estimate of drug-likeness (QED) is 0.924. The number of aliphatic hydroxyl groups is 1. The van der Waals surface area contributed by atoms with Crippen molar-refractivity contribution in [1.82, 2.24) is 4.90 Å². The second-order valence-corrected chi connectivity index (χ2v) is 6.75. The van der Waals surface area contributed by atoms with Gasteiger partial charge in [-0.3, -0.25) is 4.79 Å². The van der Waals surface area contributed by atoms with Gasteiger partial charge >= 0.3 is 0 Å². The molecular weight excluding hydrogens is 288 g/mol. The Labute approximate surface area is 136 Å². The van der Waals surface area contributed by atoms with Gasteiger partial charge in [-0.05, 0) is 24.1 Å². The summed E-state index contributed by atoms with van der Waals surface area (Å²) in [5, 5.41) is 11.5. The fourth-order valence-electron chi connectivity index (χ4n) is 4.16. The number of carbonyl (C=O) groups excluding carboxylic acids is 1. The molecule has 0 bridgehead atoms. The molecule has 0 aliphatic carbocycles. The summed E-state index contributed by atoms with van der Waals surface area (Å²) < 4.78 is 0. The minimum absolute atomic E-state index is 0.230. The van der Waals surface area contributed by atoms with Gasteiger partial charge < -0.3 is 14.9 Å². The van der Waals surface area contributed by atoms with Crippen molar-refractivity contribution in [1.29, 1.82) is 0 Å². The molecule has 2 atom stereocenters. The van der Waals surface area contributed by atoms with Gasteiger partial charge in [-0.15, -0.1) is 0 Å². The van der Waals surface area contributed by atoms with Crippen LogP contribution in [0.3, 0.4) is 0 Å². The Bertz CT molecular complexity index is 776. The lowest BCUT2D eigenvalue weighted by atomic mass is 9.78. The van der Waals surface area contributed by atoms with Crippen LogP contribution in [0.4, 0.5) is 5.69 Å². The fraction of sp³-hybridized carbons (Fsp3) is 0.316. The molecule has 1 saturated heterocycles. The van der Waals surface area contributed by atoms with E-state index in [1.54, 1.807) is 11.9 Å². The molecule has 4 nitrogen and oxygen atoms in total. The Balaban J connectivity index is 1.88. The Kier molecular flexibility index (Phi) is 2.85. The summed E-state index contributed by atoms with van der Waals surface area (Å²) in [4.78, 5) is 16.3. The fourth-order valence-corrected chi connectivity index (χ4v) is 4.16. The van der Waals surface area contributed by atoms with Crippen molar-refractivity contribution in [3.63, 3.8) is 0 Å². The van der Waals surface area contributed by atoms with Crippen molar-refractivity contribution in [3.05, 3.63) is 65.7 Å². The maximum absolute atomic E-state index is 12.8. The molecule has 0 radical (unpaired) electrons. The van der Waals surface area contributed by atoms with Crippen LogP contribution in [0.1, 0.15) is 18.1 Å². The Morgan fingerprint density at radius 1 is 1.09 bits per heavy atom. The molecule has 2 aromatic rings. The first-order valence-corrected chi connectivity index (χ1v) is 7.87. The third kappa shape index (κ3) is 1.67. The Morgan fingerprint density at radius 2 is 1.74 bits per heavy atom. The molecule has 4 rings (SSSR count). The average molecular weight is 308 g/mol. The van der Waals surface area contributed by atoms with Crippen LogP contribution in [0.25, 0.3) is 0 Å². The highest BCUT2D eigenvalue weighted by Crippen LogP contribution is 2.55.